The van der Waals surface area contributed by atoms with E-state index in [1.165, 1.54) is 0 Å². The van der Waals surface area contributed by atoms with Gasteiger partial charge in [-0.25, -0.2) is 4.98 Å². The lowest BCUT2D eigenvalue weighted by molar-refractivity contribution is 0.102. The third-order valence-corrected chi connectivity index (χ3v) is 3.78. The number of rotatable bonds is 6. The number of aromatic nitrogens is 1. The Bertz CT molecular complexity index is 491. The maximum Gasteiger partial charge on any atom is 0.162 e. The molecule has 1 unspecified atom stereocenters. The predicted octanol–water partition coefficient (Wildman–Crippen LogP) is 2.99. The standard InChI is InChI=1S/C14H20N2O2S/c1-10(2)16(7-11(3)17)8-12-9-19-14(15-12)13-5-4-6-18-13/h4-6,9-11,17H,7-8H2,1-3H3. The fourth-order valence-electron chi connectivity index (χ4n) is 1.90. The zero-order valence-electron chi connectivity index (χ0n) is 11.5. The fraction of sp³-hybridized carbons (Fsp3) is 0.500. The van der Waals surface area contributed by atoms with Gasteiger partial charge < -0.3 is 9.52 Å². The zero-order valence-corrected chi connectivity index (χ0v) is 12.4. The van der Waals surface area contributed by atoms with E-state index in [1.807, 2.05) is 19.1 Å². The fourth-order valence-corrected chi connectivity index (χ4v) is 2.68. The van der Waals surface area contributed by atoms with Crippen molar-refractivity contribution in [3.05, 3.63) is 29.5 Å². The van der Waals surface area contributed by atoms with Gasteiger partial charge in [-0.1, -0.05) is 0 Å². The minimum Gasteiger partial charge on any atom is -0.462 e. The van der Waals surface area contributed by atoms with Gasteiger partial charge in [0.1, 0.15) is 0 Å². The van der Waals surface area contributed by atoms with Crippen molar-refractivity contribution in [2.75, 3.05) is 6.54 Å². The summed E-state index contributed by atoms with van der Waals surface area (Å²) in [6.45, 7) is 7.47. The molecule has 0 fully saturated rings. The summed E-state index contributed by atoms with van der Waals surface area (Å²) in [6.07, 6.45) is 1.33. The van der Waals surface area contributed by atoms with Gasteiger partial charge in [0.05, 0.1) is 18.1 Å². The van der Waals surface area contributed by atoms with Gasteiger partial charge in [0.15, 0.2) is 10.8 Å². The summed E-state index contributed by atoms with van der Waals surface area (Å²) in [5.74, 6) is 0.808. The van der Waals surface area contributed by atoms with Gasteiger partial charge in [-0.15, -0.1) is 11.3 Å². The van der Waals surface area contributed by atoms with Crippen molar-refractivity contribution in [3.63, 3.8) is 0 Å². The number of nitrogens with zero attached hydrogens (tertiary/aromatic N) is 2. The van der Waals surface area contributed by atoms with E-state index in [1.54, 1.807) is 17.6 Å². The van der Waals surface area contributed by atoms with Crippen LogP contribution in [0.3, 0.4) is 0 Å². The van der Waals surface area contributed by atoms with Gasteiger partial charge in [-0.3, -0.25) is 4.90 Å². The van der Waals surface area contributed by atoms with E-state index >= 15 is 0 Å². The van der Waals surface area contributed by atoms with Gasteiger partial charge in [0.2, 0.25) is 0 Å². The van der Waals surface area contributed by atoms with Crippen LogP contribution in [0.15, 0.2) is 28.2 Å². The Balaban J connectivity index is 2.06. The highest BCUT2D eigenvalue weighted by Gasteiger charge is 2.15. The van der Waals surface area contributed by atoms with Gasteiger partial charge >= 0.3 is 0 Å². The molecule has 4 nitrogen and oxygen atoms in total. The molecule has 2 heterocycles. The molecule has 0 spiro atoms. The molecule has 0 amide bonds. The second-order valence-electron chi connectivity index (χ2n) is 4.99. The topological polar surface area (TPSA) is 49.5 Å². The van der Waals surface area contributed by atoms with E-state index in [4.69, 9.17) is 4.42 Å². The Hall–Kier alpha value is -1.17. The van der Waals surface area contributed by atoms with Crippen LogP contribution in [0.2, 0.25) is 0 Å². The average molecular weight is 280 g/mol. The average Bonchev–Trinajstić information content (AvgIpc) is 2.97. The van der Waals surface area contributed by atoms with Gasteiger partial charge in [0, 0.05) is 24.5 Å². The molecule has 1 atom stereocenters. The van der Waals surface area contributed by atoms with Crippen LogP contribution in [0.1, 0.15) is 26.5 Å². The van der Waals surface area contributed by atoms with E-state index in [2.05, 4.69) is 29.1 Å². The van der Waals surface area contributed by atoms with Crippen molar-refractivity contribution in [1.82, 2.24) is 9.88 Å². The van der Waals surface area contributed by atoms with Crippen molar-refractivity contribution >= 4 is 11.3 Å². The Morgan fingerprint density at radius 3 is 2.79 bits per heavy atom. The molecular weight excluding hydrogens is 260 g/mol. The lowest BCUT2D eigenvalue weighted by atomic mass is 10.2. The first-order valence-electron chi connectivity index (χ1n) is 6.46. The van der Waals surface area contributed by atoms with Crippen LogP contribution in [-0.4, -0.2) is 33.7 Å². The third kappa shape index (κ3) is 3.89. The smallest absolute Gasteiger partial charge is 0.162 e. The summed E-state index contributed by atoms with van der Waals surface area (Å²) >= 11 is 1.59. The van der Waals surface area contributed by atoms with Crippen molar-refractivity contribution in [2.24, 2.45) is 0 Å². The second kappa shape index (κ2) is 6.32. The third-order valence-electron chi connectivity index (χ3n) is 2.88. The molecular formula is C14H20N2O2S. The van der Waals surface area contributed by atoms with Gasteiger partial charge in [-0.05, 0) is 32.9 Å². The Kier molecular flexibility index (Phi) is 4.74. The van der Waals surface area contributed by atoms with E-state index in [0.29, 0.717) is 12.6 Å². The quantitative estimate of drug-likeness (QED) is 0.883. The molecule has 104 valence electrons. The van der Waals surface area contributed by atoms with E-state index in [-0.39, 0.29) is 6.10 Å². The predicted molar refractivity (Wildman–Crippen MR) is 77.0 cm³/mol. The largest absolute Gasteiger partial charge is 0.462 e. The summed E-state index contributed by atoms with van der Waals surface area (Å²) in [4.78, 5) is 6.80. The molecule has 2 aromatic rings. The lowest BCUT2D eigenvalue weighted by Crippen LogP contribution is -2.36. The maximum atomic E-state index is 9.53. The molecule has 0 radical (unpaired) electrons. The molecule has 1 N–H and O–H groups in total. The highest BCUT2D eigenvalue weighted by Crippen LogP contribution is 2.24. The first kappa shape index (κ1) is 14.2. The summed E-state index contributed by atoms with van der Waals surface area (Å²) < 4.78 is 5.34. The summed E-state index contributed by atoms with van der Waals surface area (Å²) in [5.41, 5.74) is 1.02. The van der Waals surface area contributed by atoms with Crippen LogP contribution in [0.5, 0.6) is 0 Å². The number of thiazole rings is 1. The molecule has 2 rings (SSSR count). The van der Waals surface area contributed by atoms with Crippen molar-refractivity contribution in [3.8, 4) is 10.8 Å². The molecule has 0 aliphatic heterocycles. The van der Waals surface area contributed by atoms with Crippen LogP contribution in [0, 0.1) is 0 Å². The van der Waals surface area contributed by atoms with Crippen molar-refractivity contribution in [2.45, 2.75) is 39.5 Å². The normalized spacial score (nSPS) is 13.4. The molecule has 0 aliphatic rings. The van der Waals surface area contributed by atoms with Crippen LogP contribution in [0.25, 0.3) is 10.8 Å². The van der Waals surface area contributed by atoms with E-state index in [9.17, 15) is 5.11 Å². The maximum absolute atomic E-state index is 9.53. The van der Waals surface area contributed by atoms with Crippen LogP contribution >= 0.6 is 11.3 Å². The van der Waals surface area contributed by atoms with Crippen molar-refractivity contribution < 1.29 is 9.52 Å². The highest BCUT2D eigenvalue weighted by molar-refractivity contribution is 7.13. The van der Waals surface area contributed by atoms with E-state index in [0.717, 1.165) is 23.0 Å². The molecule has 19 heavy (non-hydrogen) atoms. The molecule has 0 saturated carbocycles. The Labute approximate surface area is 117 Å². The minimum atomic E-state index is -0.328. The molecule has 0 saturated heterocycles. The number of hydrogen-bond acceptors (Lipinski definition) is 5. The first-order chi connectivity index (χ1) is 9.06. The summed E-state index contributed by atoms with van der Waals surface area (Å²) in [5, 5.41) is 12.5. The monoisotopic (exact) mass is 280 g/mol. The first-order valence-corrected chi connectivity index (χ1v) is 7.34. The van der Waals surface area contributed by atoms with Crippen molar-refractivity contribution in [1.29, 1.82) is 0 Å². The number of aliphatic hydroxyl groups is 1. The van der Waals surface area contributed by atoms with Gasteiger partial charge in [-0.2, -0.15) is 0 Å². The zero-order chi connectivity index (χ0) is 13.8. The summed E-state index contributed by atoms with van der Waals surface area (Å²) in [6, 6.07) is 4.16. The number of furan rings is 1. The Morgan fingerprint density at radius 1 is 1.42 bits per heavy atom. The number of aliphatic hydroxyl groups excluding tert-OH is 1. The minimum absolute atomic E-state index is 0.328. The number of hydrogen-bond donors (Lipinski definition) is 1. The molecule has 2 aromatic heterocycles. The van der Waals surface area contributed by atoms with Gasteiger partial charge in [0.25, 0.3) is 0 Å². The molecule has 5 heteroatoms. The SMILES string of the molecule is CC(O)CN(Cc1csc(-c2ccco2)n1)C(C)C. The van der Waals surface area contributed by atoms with Crippen LogP contribution in [-0.2, 0) is 6.54 Å². The highest BCUT2D eigenvalue weighted by atomic mass is 32.1. The molecule has 0 aliphatic carbocycles. The Morgan fingerprint density at radius 2 is 2.21 bits per heavy atom. The lowest BCUT2D eigenvalue weighted by Gasteiger charge is -2.26. The summed E-state index contributed by atoms with van der Waals surface area (Å²) in [7, 11) is 0. The van der Waals surface area contributed by atoms with E-state index < -0.39 is 0 Å². The molecule has 0 aromatic carbocycles. The second-order valence-corrected chi connectivity index (χ2v) is 5.85. The molecule has 0 bridgehead atoms. The van der Waals surface area contributed by atoms with Crippen LogP contribution < -0.4 is 0 Å². The van der Waals surface area contributed by atoms with Crippen LogP contribution in [0.4, 0.5) is 0 Å².